The highest BCUT2D eigenvalue weighted by Crippen LogP contribution is 2.22. The number of cyclic esters (lactones) is 1. The van der Waals surface area contributed by atoms with Crippen molar-refractivity contribution < 1.29 is 9.53 Å². The van der Waals surface area contributed by atoms with Crippen LogP contribution in [0, 0.1) is 0 Å². The van der Waals surface area contributed by atoms with Gasteiger partial charge in [0.15, 0.2) is 0 Å². The van der Waals surface area contributed by atoms with Crippen LogP contribution in [0.2, 0.25) is 0 Å². The van der Waals surface area contributed by atoms with Crippen LogP contribution in [0.15, 0.2) is 12.4 Å². The Kier molecular flexibility index (Phi) is 3.23. The number of carbonyl (C=O) groups is 1. The third-order valence-electron chi connectivity index (χ3n) is 3.78. The number of aryl methyl sites for hydroxylation is 1. The molecule has 0 spiro atoms. The average Bonchev–Trinajstić information content (AvgIpc) is 3.07. The summed E-state index contributed by atoms with van der Waals surface area (Å²) in [6.45, 7) is 4.98. The Bertz CT molecular complexity index is 462. The maximum absolute atomic E-state index is 11.5. The number of carbonyl (C=O) groups excluding carboxylic acids is 1. The maximum atomic E-state index is 11.5. The van der Waals surface area contributed by atoms with Crippen LogP contribution in [0.1, 0.15) is 18.9 Å². The van der Waals surface area contributed by atoms with Crippen molar-refractivity contribution in [3.63, 3.8) is 0 Å². The molecule has 2 fully saturated rings. The zero-order valence-corrected chi connectivity index (χ0v) is 11.1. The standard InChI is InChI=1S/C13H18N4O2/c1-2-10-7-14-12(15-8-10)16-4-3-11(9-16)17-5-6-19-13(17)18/h7-8,11H,2-6,9H2,1H3. The summed E-state index contributed by atoms with van der Waals surface area (Å²) in [6, 6.07) is 0.226. The van der Waals surface area contributed by atoms with Crippen molar-refractivity contribution in [1.82, 2.24) is 14.9 Å². The maximum Gasteiger partial charge on any atom is 0.410 e. The molecular formula is C13H18N4O2. The summed E-state index contributed by atoms with van der Waals surface area (Å²) >= 11 is 0. The van der Waals surface area contributed by atoms with Crippen LogP contribution in [0.5, 0.6) is 0 Å². The molecule has 1 atom stereocenters. The summed E-state index contributed by atoms with van der Waals surface area (Å²) in [5.74, 6) is 0.757. The largest absolute Gasteiger partial charge is 0.448 e. The first-order chi connectivity index (χ1) is 9.28. The number of rotatable bonds is 3. The van der Waals surface area contributed by atoms with Crippen LogP contribution >= 0.6 is 0 Å². The Balaban J connectivity index is 1.66. The number of hydrogen-bond donors (Lipinski definition) is 0. The predicted molar refractivity (Wildman–Crippen MR) is 70.1 cm³/mol. The first kappa shape index (κ1) is 12.2. The van der Waals surface area contributed by atoms with E-state index < -0.39 is 0 Å². The van der Waals surface area contributed by atoms with Crippen molar-refractivity contribution in [2.45, 2.75) is 25.8 Å². The molecule has 19 heavy (non-hydrogen) atoms. The van der Waals surface area contributed by atoms with Gasteiger partial charge < -0.3 is 9.64 Å². The molecule has 0 N–H and O–H groups in total. The van der Waals surface area contributed by atoms with Gasteiger partial charge in [-0.25, -0.2) is 14.8 Å². The van der Waals surface area contributed by atoms with Crippen molar-refractivity contribution in [3.8, 4) is 0 Å². The molecule has 3 heterocycles. The van der Waals surface area contributed by atoms with Gasteiger partial charge in [-0.05, 0) is 18.4 Å². The fourth-order valence-corrected chi connectivity index (χ4v) is 2.61. The Morgan fingerprint density at radius 1 is 1.37 bits per heavy atom. The van der Waals surface area contributed by atoms with E-state index in [9.17, 15) is 4.79 Å². The Morgan fingerprint density at radius 2 is 2.16 bits per heavy atom. The third-order valence-corrected chi connectivity index (χ3v) is 3.78. The first-order valence-electron chi connectivity index (χ1n) is 6.77. The summed E-state index contributed by atoms with van der Waals surface area (Å²) in [6.07, 6.45) is 5.46. The van der Waals surface area contributed by atoms with Crippen LogP contribution in [0.3, 0.4) is 0 Å². The smallest absolute Gasteiger partial charge is 0.410 e. The number of nitrogens with zero attached hydrogens (tertiary/aromatic N) is 4. The summed E-state index contributed by atoms with van der Waals surface area (Å²) in [5, 5.41) is 0. The second-order valence-corrected chi connectivity index (χ2v) is 4.94. The van der Waals surface area contributed by atoms with Crippen molar-refractivity contribution in [1.29, 1.82) is 0 Å². The molecule has 6 heteroatoms. The average molecular weight is 262 g/mol. The molecule has 0 aromatic carbocycles. The molecule has 0 bridgehead atoms. The summed E-state index contributed by atoms with van der Waals surface area (Å²) in [7, 11) is 0. The molecular weight excluding hydrogens is 244 g/mol. The van der Waals surface area contributed by atoms with Crippen molar-refractivity contribution in [3.05, 3.63) is 18.0 Å². The van der Waals surface area contributed by atoms with Gasteiger partial charge in [0.1, 0.15) is 6.61 Å². The number of amides is 1. The van der Waals surface area contributed by atoms with Crippen LogP contribution in [-0.2, 0) is 11.2 Å². The van der Waals surface area contributed by atoms with Gasteiger partial charge in [0.2, 0.25) is 5.95 Å². The summed E-state index contributed by atoms with van der Waals surface area (Å²) in [4.78, 5) is 24.3. The van der Waals surface area contributed by atoms with E-state index in [0.29, 0.717) is 13.2 Å². The second-order valence-electron chi connectivity index (χ2n) is 4.94. The van der Waals surface area contributed by atoms with Gasteiger partial charge in [-0.2, -0.15) is 0 Å². The van der Waals surface area contributed by atoms with Crippen molar-refractivity contribution in [2.24, 2.45) is 0 Å². The van der Waals surface area contributed by atoms with Gasteiger partial charge >= 0.3 is 6.09 Å². The third kappa shape index (κ3) is 2.34. The number of hydrogen-bond acceptors (Lipinski definition) is 5. The first-order valence-corrected chi connectivity index (χ1v) is 6.77. The monoisotopic (exact) mass is 262 g/mol. The molecule has 2 saturated heterocycles. The number of anilines is 1. The lowest BCUT2D eigenvalue weighted by Gasteiger charge is -2.21. The molecule has 3 rings (SSSR count). The lowest BCUT2D eigenvalue weighted by atomic mass is 10.2. The molecule has 1 amide bonds. The molecule has 6 nitrogen and oxygen atoms in total. The highest BCUT2D eigenvalue weighted by atomic mass is 16.6. The number of aromatic nitrogens is 2. The summed E-state index contributed by atoms with van der Waals surface area (Å²) in [5.41, 5.74) is 1.14. The van der Waals surface area contributed by atoms with E-state index >= 15 is 0 Å². The van der Waals surface area contributed by atoms with E-state index in [0.717, 1.165) is 37.4 Å². The van der Waals surface area contributed by atoms with Crippen molar-refractivity contribution in [2.75, 3.05) is 31.1 Å². The van der Waals surface area contributed by atoms with Crippen LogP contribution in [0.25, 0.3) is 0 Å². The van der Waals surface area contributed by atoms with E-state index in [1.165, 1.54) is 0 Å². The molecule has 2 aliphatic heterocycles. The molecule has 1 aromatic rings. The highest BCUT2D eigenvalue weighted by molar-refractivity contribution is 5.70. The highest BCUT2D eigenvalue weighted by Gasteiger charge is 2.35. The zero-order chi connectivity index (χ0) is 13.2. The lowest BCUT2D eigenvalue weighted by Crippen LogP contribution is -2.38. The zero-order valence-electron chi connectivity index (χ0n) is 11.1. The van der Waals surface area contributed by atoms with Crippen LogP contribution in [0.4, 0.5) is 10.7 Å². The molecule has 0 saturated carbocycles. The quantitative estimate of drug-likeness (QED) is 0.815. The van der Waals surface area contributed by atoms with Gasteiger partial charge in [0.05, 0.1) is 12.6 Å². The van der Waals surface area contributed by atoms with Crippen molar-refractivity contribution >= 4 is 12.0 Å². The van der Waals surface area contributed by atoms with Crippen LogP contribution < -0.4 is 4.90 Å². The Morgan fingerprint density at radius 3 is 2.79 bits per heavy atom. The normalized spacial score (nSPS) is 23.0. The summed E-state index contributed by atoms with van der Waals surface area (Å²) < 4.78 is 4.99. The second kappa shape index (κ2) is 5.03. The molecule has 0 aliphatic carbocycles. The lowest BCUT2D eigenvalue weighted by molar-refractivity contribution is 0.150. The fourth-order valence-electron chi connectivity index (χ4n) is 2.61. The minimum absolute atomic E-state index is 0.186. The van der Waals surface area contributed by atoms with E-state index in [4.69, 9.17) is 4.74 Å². The van der Waals surface area contributed by atoms with Gasteiger partial charge in [-0.3, -0.25) is 4.90 Å². The predicted octanol–water partition coefficient (Wildman–Crippen LogP) is 1.07. The Labute approximate surface area is 112 Å². The molecule has 0 radical (unpaired) electrons. The van der Waals surface area contributed by atoms with Gasteiger partial charge in [0, 0.05) is 25.5 Å². The van der Waals surface area contributed by atoms with Gasteiger partial charge in [-0.1, -0.05) is 6.92 Å². The van der Waals surface area contributed by atoms with E-state index in [1.807, 2.05) is 17.3 Å². The van der Waals surface area contributed by atoms with Gasteiger partial charge in [0.25, 0.3) is 0 Å². The van der Waals surface area contributed by atoms with E-state index in [-0.39, 0.29) is 12.1 Å². The molecule has 102 valence electrons. The van der Waals surface area contributed by atoms with Gasteiger partial charge in [-0.15, -0.1) is 0 Å². The number of ether oxygens (including phenoxy) is 1. The van der Waals surface area contributed by atoms with Crippen LogP contribution in [-0.4, -0.2) is 53.2 Å². The molecule has 2 aliphatic rings. The molecule has 1 unspecified atom stereocenters. The minimum Gasteiger partial charge on any atom is -0.448 e. The SMILES string of the molecule is CCc1cnc(N2CCC(N3CCOC3=O)C2)nc1. The van der Waals surface area contributed by atoms with E-state index in [2.05, 4.69) is 21.8 Å². The molecule has 1 aromatic heterocycles. The Hall–Kier alpha value is -1.85. The topological polar surface area (TPSA) is 58.6 Å². The fraction of sp³-hybridized carbons (Fsp3) is 0.615. The minimum atomic E-state index is -0.186. The van der Waals surface area contributed by atoms with E-state index in [1.54, 1.807) is 0 Å².